The zero-order valence-electron chi connectivity index (χ0n) is 19.7. The number of para-hydroxylation sites is 1. The topological polar surface area (TPSA) is 102 Å². The van der Waals surface area contributed by atoms with Gasteiger partial charge in [-0.3, -0.25) is 9.78 Å². The smallest absolute Gasteiger partial charge is 0.264 e. The third-order valence-corrected chi connectivity index (χ3v) is 7.92. The normalized spacial score (nSPS) is 18.5. The number of anilines is 3. The average molecular weight is 523 g/mol. The number of thiazole rings is 1. The van der Waals surface area contributed by atoms with Gasteiger partial charge in [-0.25, -0.2) is 9.97 Å². The van der Waals surface area contributed by atoms with Crippen LogP contribution in [0.2, 0.25) is 5.15 Å². The van der Waals surface area contributed by atoms with Crippen molar-refractivity contribution >= 4 is 50.7 Å². The Morgan fingerprint density at radius 1 is 1.00 bits per heavy atom. The molecule has 3 N–H and O–H groups in total. The number of aromatic nitrogens is 4. The fourth-order valence-electron chi connectivity index (χ4n) is 4.78. The van der Waals surface area contributed by atoms with Gasteiger partial charge in [0.2, 0.25) is 5.95 Å². The highest BCUT2D eigenvalue weighted by Crippen LogP contribution is 2.33. The number of nitrogens with one attached hydrogen (secondary N) is 3. The highest BCUT2D eigenvalue weighted by molar-refractivity contribution is 7.21. The molecule has 0 spiro atoms. The minimum atomic E-state index is -0.177. The zero-order valence-corrected chi connectivity index (χ0v) is 21.3. The summed E-state index contributed by atoms with van der Waals surface area (Å²) in [4.78, 5) is 35.0. The second-order valence-electron chi connectivity index (χ2n) is 9.08. The Kier molecular flexibility index (Phi) is 6.47. The van der Waals surface area contributed by atoms with Crippen LogP contribution in [0.15, 0.2) is 47.3 Å². The van der Waals surface area contributed by atoms with Gasteiger partial charge < -0.3 is 20.4 Å². The Morgan fingerprint density at radius 3 is 2.61 bits per heavy atom. The van der Waals surface area contributed by atoms with Gasteiger partial charge in [0.25, 0.3) is 5.56 Å². The number of rotatable bonds is 5. The van der Waals surface area contributed by atoms with Crippen molar-refractivity contribution in [1.82, 2.24) is 25.3 Å². The molecule has 0 radical (unpaired) electrons. The summed E-state index contributed by atoms with van der Waals surface area (Å²) in [7, 11) is 0. The number of H-pyrrole nitrogens is 1. The first kappa shape index (κ1) is 23.2. The molecule has 11 heteroatoms. The van der Waals surface area contributed by atoms with E-state index in [9.17, 15) is 4.79 Å². The lowest BCUT2D eigenvalue weighted by Crippen LogP contribution is -2.48. The van der Waals surface area contributed by atoms with E-state index in [1.807, 2.05) is 36.4 Å². The molecule has 2 fully saturated rings. The van der Waals surface area contributed by atoms with Crippen molar-refractivity contribution in [1.29, 1.82) is 0 Å². The van der Waals surface area contributed by atoms with Gasteiger partial charge in [0.05, 0.1) is 10.2 Å². The predicted molar refractivity (Wildman–Crippen MR) is 147 cm³/mol. The number of pyridine rings is 1. The third-order valence-electron chi connectivity index (χ3n) is 6.66. The maximum atomic E-state index is 13.5. The van der Waals surface area contributed by atoms with Crippen LogP contribution in [0.5, 0.6) is 0 Å². The van der Waals surface area contributed by atoms with E-state index < -0.39 is 0 Å². The maximum absolute atomic E-state index is 13.5. The van der Waals surface area contributed by atoms with Crippen LogP contribution in [0.4, 0.5) is 17.6 Å². The van der Waals surface area contributed by atoms with Crippen molar-refractivity contribution in [2.45, 2.75) is 18.9 Å². The number of nitrogens with zero attached hydrogens (tertiary/aromatic N) is 5. The highest BCUT2D eigenvalue weighted by Gasteiger charge is 2.25. The number of piperidine rings is 1. The van der Waals surface area contributed by atoms with E-state index in [-0.39, 0.29) is 11.6 Å². The standard InChI is InChI=1S/C25H27ClN8OS/c26-19-8-3-9-20(30-19)33-11-13-34(14-12-33)25-31-22(28-16-5-4-10-27-15-16)21(23(35)32-25)24-29-17-6-1-2-7-18(17)36-24/h1-3,6-9,16,27H,4-5,10-15H2,(H2,28,31,32,35). The molecule has 2 saturated heterocycles. The lowest BCUT2D eigenvalue weighted by Gasteiger charge is -2.36. The number of piperazine rings is 1. The lowest BCUT2D eigenvalue weighted by molar-refractivity contribution is 0.479. The van der Waals surface area contributed by atoms with E-state index in [0.29, 0.717) is 40.6 Å². The van der Waals surface area contributed by atoms with Crippen LogP contribution in [0.1, 0.15) is 12.8 Å². The van der Waals surface area contributed by atoms with Crippen molar-refractivity contribution in [3.8, 4) is 10.6 Å². The van der Waals surface area contributed by atoms with E-state index >= 15 is 0 Å². The van der Waals surface area contributed by atoms with Crippen molar-refractivity contribution in [2.24, 2.45) is 0 Å². The second kappa shape index (κ2) is 10.0. The molecule has 5 heterocycles. The Labute approximate surface area is 217 Å². The van der Waals surface area contributed by atoms with Crippen molar-refractivity contribution in [3.05, 3.63) is 58.0 Å². The van der Waals surface area contributed by atoms with Gasteiger partial charge in [0.1, 0.15) is 27.4 Å². The van der Waals surface area contributed by atoms with Crippen LogP contribution in [-0.4, -0.2) is 65.2 Å². The molecule has 1 atom stereocenters. The van der Waals surface area contributed by atoms with E-state index in [1.54, 1.807) is 6.07 Å². The molecule has 0 bridgehead atoms. The van der Waals surface area contributed by atoms with Crippen LogP contribution in [0.25, 0.3) is 20.8 Å². The monoisotopic (exact) mass is 522 g/mol. The Balaban J connectivity index is 1.31. The molecule has 0 aliphatic carbocycles. The summed E-state index contributed by atoms with van der Waals surface area (Å²) in [6.07, 6.45) is 2.12. The number of halogens is 1. The Bertz CT molecular complexity index is 1390. The molecule has 6 rings (SSSR count). The Hall–Kier alpha value is -3.21. The average Bonchev–Trinajstić information content (AvgIpc) is 3.33. The second-order valence-corrected chi connectivity index (χ2v) is 10.5. The summed E-state index contributed by atoms with van der Waals surface area (Å²) in [6, 6.07) is 13.8. The van der Waals surface area contributed by atoms with Crippen LogP contribution in [0.3, 0.4) is 0 Å². The zero-order chi connectivity index (χ0) is 24.5. The van der Waals surface area contributed by atoms with Gasteiger partial charge in [-0.15, -0.1) is 11.3 Å². The summed E-state index contributed by atoms with van der Waals surface area (Å²) in [6.45, 7) is 4.79. The van der Waals surface area contributed by atoms with E-state index in [0.717, 1.165) is 55.1 Å². The molecule has 186 valence electrons. The molecule has 4 aromatic rings. The lowest BCUT2D eigenvalue weighted by atomic mass is 10.1. The van der Waals surface area contributed by atoms with Gasteiger partial charge >= 0.3 is 0 Å². The SMILES string of the molecule is O=c1[nH]c(N2CCN(c3cccc(Cl)n3)CC2)nc(NC2CCCNC2)c1-c1nc2ccccc2s1. The summed E-state index contributed by atoms with van der Waals surface area (Å²) < 4.78 is 1.05. The largest absolute Gasteiger partial charge is 0.365 e. The quantitative estimate of drug-likeness (QED) is 0.342. The van der Waals surface area contributed by atoms with Gasteiger partial charge in [-0.2, -0.15) is 4.98 Å². The summed E-state index contributed by atoms with van der Waals surface area (Å²) in [5.41, 5.74) is 1.22. The number of hydrogen-bond acceptors (Lipinski definition) is 9. The maximum Gasteiger partial charge on any atom is 0.264 e. The highest BCUT2D eigenvalue weighted by atomic mass is 35.5. The molecule has 2 aliphatic heterocycles. The molecule has 36 heavy (non-hydrogen) atoms. The summed E-state index contributed by atoms with van der Waals surface area (Å²) >= 11 is 7.60. The number of fused-ring (bicyclic) bond motifs is 1. The van der Waals surface area contributed by atoms with Crippen LogP contribution < -0.4 is 26.0 Å². The van der Waals surface area contributed by atoms with Gasteiger partial charge in [-0.05, 0) is 43.7 Å². The van der Waals surface area contributed by atoms with Gasteiger partial charge in [0.15, 0.2) is 0 Å². The van der Waals surface area contributed by atoms with Crippen molar-refractivity contribution in [2.75, 3.05) is 54.4 Å². The summed E-state index contributed by atoms with van der Waals surface area (Å²) in [5, 5.41) is 8.16. The van der Waals surface area contributed by atoms with Gasteiger partial charge in [-0.1, -0.05) is 29.8 Å². The fraction of sp³-hybridized carbons (Fsp3) is 0.360. The van der Waals surface area contributed by atoms with Crippen molar-refractivity contribution in [3.63, 3.8) is 0 Å². The number of benzene rings is 1. The molecule has 0 amide bonds. The predicted octanol–water partition coefficient (Wildman–Crippen LogP) is 3.59. The van der Waals surface area contributed by atoms with Gasteiger partial charge in [0, 0.05) is 38.8 Å². The van der Waals surface area contributed by atoms with E-state index in [1.165, 1.54) is 11.3 Å². The van der Waals surface area contributed by atoms with Crippen molar-refractivity contribution < 1.29 is 0 Å². The molecule has 1 unspecified atom stereocenters. The molecule has 2 aliphatic rings. The molecule has 1 aromatic carbocycles. The van der Waals surface area contributed by atoms with E-state index in [2.05, 4.69) is 30.4 Å². The first-order chi connectivity index (χ1) is 17.6. The molecule has 9 nitrogen and oxygen atoms in total. The number of hydrogen-bond donors (Lipinski definition) is 3. The molecule has 0 saturated carbocycles. The Morgan fingerprint density at radius 2 is 1.83 bits per heavy atom. The first-order valence-electron chi connectivity index (χ1n) is 12.2. The summed E-state index contributed by atoms with van der Waals surface area (Å²) in [5.74, 6) is 2.04. The molecular formula is C25H27ClN8OS. The van der Waals surface area contributed by atoms with E-state index in [4.69, 9.17) is 21.6 Å². The minimum absolute atomic E-state index is 0.177. The number of aromatic amines is 1. The minimum Gasteiger partial charge on any atom is -0.365 e. The van der Waals surface area contributed by atoms with Crippen LogP contribution in [-0.2, 0) is 0 Å². The van der Waals surface area contributed by atoms with Crippen LogP contribution in [0, 0.1) is 0 Å². The third kappa shape index (κ3) is 4.76. The fourth-order valence-corrected chi connectivity index (χ4v) is 5.95. The van der Waals surface area contributed by atoms with Crippen LogP contribution >= 0.6 is 22.9 Å². The first-order valence-corrected chi connectivity index (χ1v) is 13.4. The molecular weight excluding hydrogens is 496 g/mol. The molecule has 3 aromatic heterocycles.